The molecule has 2 fully saturated rings. The van der Waals surface area contributed by atoms with E-state index in [0.717, 1.165) is 23.4 Å². The van der Waals surface area contributed by atoms with Crippen LogP contribution in [0.4, 0.5) is 0 Å². The van der Waals surface area contributed by atoms with E-state index in [9.17, 15) is 4.79 Å². The molecule has 1 saturated heterocycles. The average Bonchev–Trinajstić information content (AvgIpc) is 3.54. The third-order valence-electron chi connectivity index (χ3n) is 5.59. The molecule has 1 aromatic heterocycles. The maximum absolute atomic E-state index is 12.7. The van der Waals surface area contributed by atoms with Crippen molar-refractivity contribution < 1.29 is 18.9 Å². The number of benzene rings is 1. The highest BCUT2D eigenvalue weighted by atomic mass is 16.6. The molecule has 0 spiro atoms. The zero-order valence-corrected chi connectivity index (χ0v) is 17.1. The zero-order valence-electron chi connectivity index (χ0n) is 17.1. The van der Waals surface area contributed by atoms with Gasteiger partial charge in [-0.05, 0) is 43.4 Å². The molecule has 6 heteroatoms. The Labute approximate surface area is 171 Å². The highest BCUT2D eigenvalue weighted by Crippen LogP contribution is 2.55. The second-order valence-corrected chi connectivity index (χ2v) is 7.57. The molecule has 6 nitrogen and oxygen atoms in total. The zero-order chi connectivity index (χ0) is 20.2. The van der Waals surface area contributed by atoms with Crippen LogP contribution in [0.1, 0.15) is 48.9 Å². The van der Waals surface area contributed by atoms with Gasteiger partial charge in [-0.15, -0.1) is 0 Å². The van der Waals surface area contributed by atoms with Crippen LogP contribution in [-0.2, 0) is 15.9 Å². The predicted molar refractivity (Wildman–Crippen MR) is 110 cm³/mol. The van der Waals surface area contributed by atoms with Crippen LogP contribution in [0.2, 0.25) is 0 Å². The largest absolute Gasteiger partial charge is 0.494 e. The summed E-state index contributed by atoms with van der Waals surface area (Å²) in [6.45, 7) is 6.76. The third kappa shape index (κ3) is 4.65. The van der Waals surface area contributed by atoms with E-state index in [4.69, 9.17) is 18.9 Å². The van der Waals surface area contributed by atoms with Crippen LogP contribution in [0.3, 0.4) is 0 Å². The highest BCUT2D eigenvalue weighted by molar-refractivity contribution is 5.40. The molecule has 156 valence electrons. The van der Waals surface area contributed by atoms with Crippen LogP contribution in [0, 0.1) is 0 Å². The number of ether oxygens (including phenoxy) is 4. The van der Waals surface area contributed by atoms with Gasteiger partial charge in [0.05, 0.1) is 26.4 Å². The summed E-state index contributed by atoms with van der Waals surface area (Å²) >= 11 is 0. The summed E-state index contributed by atoms with van der Waals surface area (Å²) in [5.41, 5.74) is 3.18. The summed E-state index contributed by atoms with van der Waals surface area (Å²) in [7, 11) is 0. The van der Waals surface area contributed by atoms with Crippen molar-refractivity contribution in [2.45, 2.75) is 44.6 Å². The average molecular weight is 399 g/mol. The first-order valence-electron chi connectivity index (χ1n) is 10.5. The first kappa shape index (κ1) is 20.0. The topological polar surface area (TPSA) is 69.8 Å². The quantitative estimate of drug-likeness (QED) is 0.737. The second kappa shape index (κ2) is 9.01. The summed E-state index contributed by atoms with van der Waals surface area (Å²) < 4.78 is 22.4. The SMILES string of the molecule is CCOc1ccc(C2CC2c2[nH]c(OCC3COCCO3)cc(=O)c2CC)cc1. The van der Waals surface area contributed by atoms with Crippen molar-refractivity contribution in [1.82, 2.24) is 4.98 Å². The minimum atomic E-state index is -0.0981. The number of pyridine rings is 1. The predicted octanol–water partition coefficient (Wildman–Crippen LogP) is 3.40. The van der Waals surface area contributed by atoms with E-state index < -0.39 is 0 Å². The maximum atomic E-state index is 12.7. The lowest BCUT2D eigenvalue weighted by molar-refractivity contribution is -0.102. The Hall–Kier alpha value is -2.31. The lowest BCUT2D eigenvalue weighted by Crippen LogP contribution is -2.33. The molecule has 3 unspecified atom stereocenters. The van der Waals surface area contributed by atoms with Crippen molar-refractivity contribution in [3.8, 4) is 11.6 Å². The van der Waals surface area contributed by atoms with Crippen molar-refractivity contribution >= 4 is 0 Å². The van der Waals surface area contributed by atoms with Gasteiger partial charge in [-0.25, -0.2) is 0 Å². The van der Waals surface area contributed by atoms with Gasteiger partial charge in [-0.2, -0.15) is 0 Å². The normalized spacial score (nSPS) is 23.6. The summed E-state index contributed by atoms with van der Waals surface area (Å²) in [5, 5.41) is 0. The van der Waals surface area contributed by atoms with Gasteiger partial charge in [0, 0.05) is 23.2 Å². The smallest absolute Gasteiger partial charge is 0.194 e. The number of nitrogens with one attached hydrogen (secondary N) is 1. The molecule has 0 amide bonds. The van der Waals surface area contributed by atoms with E-state index in [-0.39, 0.29) is 11.5 Å². The first-order chi connectivity index (χ1) is 14.2. The van der Waals surface area contributed by atoms with Gasteiger partial charge in [0.2, 0.25) is 0 Å². The van der Waals surface area contributed by atoms with E-state index in [1.54, 1.807) is 6.07 Å². The lowest BCUT2D eigenvalue weighted by atomic mass is 10.0. The summed E-state index contributed by atoms with van der Waals surface area (Å²) in [6, 6.07) is 9.84. The first-order valence-corrected chi connectivity index (χ1v) is 10.5. The molecule has 2 aromatic rings. The Morgan fingerprint density at radius 1 is 1.10 bits per heavy atom. The Morgan fingerprint density at radius 2 is 1.93 bits per heavy atom. The molecule has 4 rings (SSSR count). The van der Waals surface area contributed by atoms with Crippen molar-refractivity contribution in [3.63, 3.8) is 0 Å². The fraction of sp³-hybridized carbons (Fsp3) is 0.522. The van der Waals surface area contributed by atoms with Crippen LogP contribution in [0.5, 0.6) is 11.6 Å². The van der Waals surface area contributed by atoms with E-state index in [0.29, 0.717) is 57.2 Å². The molecule has 1 N–H and O–H groups in total. The minimum Gasteiger partial charge on any atom is -0.494 e. The molecule has 1 aliphatic carbocycles. The Kier molecular flexibility index (Phi) is 6.21. The van der Waals surface area contributed by atoms with Crippen molar-refractivity contribution in [2.75, 3.05) is 33.0 Å². The monoisotopic (exact) mass is 399 g/mol. The third-order valence-corrected chi connectivity index (χ3v) is 5.59. The van der Waals surface area contributed by atoms with Gasteiger partial charge < -0.3 is 23.9 Å². The molecule has 1 aliphatic heterocycles. The molecule has 3 atom stereocenters. The number of hydrogen-bond donors (Lipinski definition) is 1. The molecule has 0 bridgehead atoms. The fourth-order valence-electron chi connectivity index (χ4n) is 4.02. The molecule has 2 aliphatic rings. The molecule has 1 saturated carbocycles. The van der Waals surface area contributed by atoms with E-state index >= 15 is 0 Å². The molecular formula is C23H29NO5. The Balaban J connectivity index is 1.48. The molecular weight excluding hydrogens is 370 g/mol. The van der Waals surface area contributed by atoms with E-state index in [1.165, 1.54) is 5.56 Å². The van der Waals surface area contributed by atoms with Gasteiger partial charge in [0.1, 0.15) is 18.5 Å². The molecule has 1 aromatic carbocycles. The minimum absolute atomic E-state index is 0.0365. The number of rotatable bonds is 8. The van der Waals surface area contributed by atoms with Crippen LogP contribution in [0.15, 0.2) is 35.1 Å². The summed E-state index contributed by atoms with van der Waals surface area (Å²) in [4.78, 5) is 16.1. The van der Waals surface area contributed by atoms with Gasteiger partial charge >= 0.3 is 0 Å². The fourth-order valence-corrected chi connectivity index (χ4v) is 4.02. The molecule has 0 radical (unpaired) electrons. The van der Waals surface area contributed by atoms with Crippen molar-refractivity contribution in [3.05, 3.63) is 57.4 Å². The Morgan fingerprint density at radius 3 is 2.62 bits per heavy atom. The number of aromatic nitrogens is 1. The molecule has 2 heterocycles. The van der Waals surface area contributed by atoms with Crippen LogP contribution in [-0.4, -0.2) is 44.1 Å². The van der Waals surface area contributed by atoms with Crippen molar-refractivity contribution in [1.29, 1.82) is 0 Å². The number of hydrogen-bond acceptors (Lipinski definition) is 5. The van der Waals surface area contributed by atoms with E-state index in [2.05, 4.69) is 17.1 Å². The van der Waals surface area contributed by atoms with Crippen molar-refractivity contribution in [2.24, 2.45) is 0 Å². The van der Waals surface area contributed by atoms with Crippen LogP contribution < -0.4 is 14.9 Å². The summed E-state index contributed by atoms with van der Waals surface area (Å²) in [5.74, 6) is 2.12. The number of H-pyrrole nitrogens is 1. The van der Waals surface area contributed by atoms with Gasteiger partial charge in [0.15, 0.2) is 11.3 Å². The second-order valence-electron chi connectivity index (χ2n) is 7.57. The maximum Gasteiger partial charge on any atom is 0.194 e. The molecule has 29 heavy (non-hydrogen) atoms. The van der Waals surface area contributed by atoms with Gasteiger partial charge in [-0.1, -0.05) is 19.1 Å². The highest BCUT2D eigenvalue weighted by Gasteiger charge is 2.41. The number of aromatic amines is 1. The van der Waals surface area contributed by atoms with Crippen LogP contribution in [0.25, 0.3) is 0 Å². The van der Waals surface area contributed by atoms with Crippen LogP contribution >= 0.6 is 0 Å². The van der Waals surface area contributed by atoms with Gasteiger partial charge in [0.25, 0.3) is 0 Å². The van der Waals surface area contributed by atoms with Gasteiger partial charge in [-0.3, -0.25) is 4.79 Å². The lowest BCUT2D eigenvalue weighted by Gasteiger charge is -2.23. The standard InChI is InChI=1S/C23H29NO5/c1-3-18-21(25)12-22(29-14-17-13-26-9-10-28-17)24-23(18)20-11-19(20)15-5-7-16(8-6-15)27-4-2/h5-8,12,17,19-20H,3-4,9-11,13-14H2,1-2H3,(H,24,25). The summed E-state index contributed by atoms with van der Waals surface area (Å²) in [6.07, 6.45) is 1.64. The van der Waals surface area contributed by atoms with E-state index in [1.807, 2.05) is 26.0 Å². The Bertz CT molecular complexity index is 870.